The van der Waals surface area contributed by atoms with Gasteiger partial charge < -0.3 is 9.84 Å². The van der Waals surface area contributed by atoms with Crippen LogP contribution in [0.3, 0.4) is 0 Å². The van der Waals surface area contributed by atoms with Gasteiger partial charge in [0, 0.05) is 5.56 Å². The van der Waals surface area contributed by atoms with Crippen LogP contribution in [0, 0.1) is 23.4 Å². The summed E-state index contributed by atoms with van der Waals surface area (Å²) in [5.74, 6) is -1.01. The van der Waals surface area contributed by atoms with Crippen molar-refractivity contribution in [3.05, 3.63) is 77.1 Å². The zero-order chi connectivity index (χ0) is 24.5. The Hall–Kier alpha value is -2.27. The van der Waals surface area contributed by atoms with Crippen molar-refractivity contribution < 1.29 is 23.0 Å². The number of aryl methyl sites for hydroxylation is 1. The number of rotatable bonds is 12. The maximum Gasteiger partial charge on any atom is 0.165 e. The maximum atomic E-state index is 14.6. The summed E-state index contributed by atoms with van der Waals surface area (Å²) in [6.45, 7) is 6.04. The van der Waals surface area contributed by atoms with Gasteiger partial charge in [-0.2, -0.15) is 0 Å². The van der Waals surface area contributed by atoms with E-state index in [2.05, 4.69) is 6.58 Å². The zero-order valence-corrected chi connectivity index (χ0v) is 20.2. The van der Waals surface area contributed by atoms with Gasteiger partial charge in [-0.1, -0.05) is 37.6 Å². The molecule has 0 spiro atoms. The number of hydrogen-bond donors (Lipinski definition) is 1. The molecule has 5 heteroatoms. The molecule has 1 aliphatic rings. The Morgan fingerprint density at radius 2 is 1.85 bits per heavy atom. The molecule has 0 saturated heterocycles. The molecule has 1 saturated carbocycles. The smallest absolute Gasteiger partial charge is 0.165 e. The number of allylic oxidation sites excluding steroid dienone is 1. The number of halogens is 3. The Labute approximate surface area is 201 Å². The monoisotopic (exact) mass is 474 g/mol. The highest BCUT2D eigenvalue weighted by molar-refractivity contribution is 5.32. The van der Waals surface area contributed by atoms with Crippen molar-refractivity contribution in [1.29, 1.82) is 0 Å². The number of aliphatic hydroxyl groups is 1. The Balaban J connectivity index is 1.49. The van der Waals surface area contributed by atoms with Gasteiger partial charge in [-0.25, -0.2) is 13.2 Å². The highest BCUT2D eigenvalue weighted by Crippen LogP contribution is 2.39. The molecule has 3 rings (SSSR count). The van der Waals surface area contributed by atoms with Crippen LogP contribution in [0.5, 0.6) is 5.75 Å². The molecule has 0 aliphatic heterocycles. The first kappa shape index (κ1) is 26.3. The van der Waals surface area contributed by atoms with Gasteiger partial charge in [0.05, 0.1) is 12.7 Å². The van der Waals surface area contributed by atoms with Crippen LogP contribution in [0.4, 0.5) is 13.2 Å². The molecule has 0 bridgehead atoms. The minimum atomic E-state index is -0.966. The molecule has 1 fully saturated rings. The van der Waals surface area contributed by atoms with Crippen molar-refractivity contribution in [3.8, 4) is 5.75 Å². The molecule has 1 N–H and O–H groups in total. The second kappa shape index (κ2) is 13.0. The van der Waals surface area contributed by atoms with E-state index in [1.54, 1.807) is 18.2 Å². The molecular formula is C29H37F3O2. The number of benzene rings is 2. The predicted octanol–water partition coefficient (Wildman–Crippen LogP) is 8.19. The molecule has 34 heavy (non-hydrogen) atoms. The Bertz CT molecular complexity index is 935. The van der Waals surface area contributed by atoms with E-state index in [1.165, 1.54) is 6.07 Å². The van der Waals surface area contributed by atoms with E-state index >= 15 is 0 Å². The van der Waals surface area contributed by atoms with Crippen LogP contribution in [-0.4, -0.2) is 11.7 Å². The first-order valence-corrected chi connectivity index (χ1v) is 12.6. The predicted molar refractivity (Wildman–Crippen MR) is 131 cm³/mol. The van der Waals surface area contributed by atoms with Crippen molar-refractivity contribution in [1.82, 2.24) is 0 Å². The topological polar surface area (TPSA) is 29.5 Å². The molecule has 0 radical (unpaired) electrons. The van der Waals surface area contributed by atoms with Gasteiger partial charge in [0.25, 0.3) is 0 Å². The SMILES string of the molecule is C=CCCCOc1ccc(C2CCC(CCc3ccc(C(O)CCC)c(F)c3F)CC2)cc1F. The summed E-state index contributed by atoms with van der Waals surface area (Å²) < 4.78 is 49.0. The van der Waals surface area contributed by atoms with Crippen molar-refractivity contribution in [2.24, 2.45) is 5.92 Å². The molecule has 2 aromatic rings. The van der Waals surface area contributed by atoms with Crippen LogP contribution in [0.25, 0.3) is 0 Å². The summed E-state index contributed by atoms with van der Waals surface area (Å²) in [7, 11) is 0. The van der Waals surface area contributed by atoms with Gasteiger partial charge in [0.2, 0.25) is 0 Å². The molecule has 186 valence electrons. The summed E-state index contributed by atoms with van der Waals surface area (Å²) in [6.07, 6.45) is 8.81. The van der Waals surface area contributed by atoms with Crippen LogP contribution < -0.4 is 4.74 Å². The average Bonchev–Trinajstić information content (AvgIpc) is 2.84. The highest BCUT2D eigenvalue weighted by atomic mass is 19.2. The van der Waals surface area contributed by atoms with Crippen LogP contribution in [0.2, 0.25) is 0 Å². The quantitative estimate of drug-likeness (QED) is 0.248. The van der Waals surface area contributed by atoms with Gasteiger partial charge in [-0.05, 0) is 92.9 Å². The summed E-state index contributed by atoms with van der Waals surface area (Å²) in [5.41, 5.74) is 1.42. The lowest BCUT2D eigenvalue weighted by molar-refractivity contribution is 0.160. The van der Waals surface area contributed by atoms with Crippen LogP contribution in [0.15, 0.2) is 43.0 Å². The third kappa shape index (κ3) is 6.88. The van der Waals surface area contributed by atoms with Crippen molar-refractivity contribution in [2.75, 3.05) is 6.61 Å². The van der Waals surface area contributed by atoms with Gasteiger partial charge in [0.1, 0.15) is 0 Å². The Morgan fingerprint density at radius 1 is 1.09 bits per heavy atom. The first-order chi connectivity index (χ1) is 16.4. The molecule has 1 aliphatic carbocycles. The van der Waals surface area contributed by atoms with Crippen LogP contribution >= 0.6 is 0 Å². The standard InChI is InChI=1S/C29H37F3O2/c1-3-5-6-18-34-27-17-15-23(19-25(27)30)21-11-8-20(9-12-21)10-13-22-14-16-24(26(33)7-4-2)29(32)28(22)31/h3,14-17,19-21,26,33H,1,4-13,18H2,2H3. The molecule has 0 aromatic heterocycles. The summed E-state index contributed by atoms with van der Waals surface area (Å²) in [5, 5.41) is 10.0. The third-order valence-corrected chi connectivity index (χ3v) is 7.02. The second-order valence-corrected chi connectivity index (χ2v) is 9.47. The van der Waals surface area contributed by atoms with E-state index in [1.807, 2.05) is 19.1 Å². The van der Waals surface area contributed by atoms with Gasteiger partial charge >= 0.3 is 0 Å². The molecule has 2 nitrogen and oxygen atoms in total. The second-order valence-electron chi connectivity index (χ2n) is 9.47. The number of aliphatic hydroxyl groups excluding tert-OH is 1. The van der Waals surface area contributed by atoms with E-state index in [4.69, 9.17) is 4.74 Å². The molecule has 1 unspecified atom stereocenters. The highest BCUT2D eigenvalue weighted by Gasteiger charge is 2.24. The lowest BCUT2D eigenvalue weighted by Crippen LogP contribution is -2.15. The Morgan fingerprint density at radius 3 is 2.53 bits per heavy atom. The summed E-state index contributed by atoms with van der Waals surface area (Å²) >= 11 is 0. The van der Waals surface area contributed by atoms with E-state index in [9.17, 15) is 18.3 Å². The maximum absolute atomic E-state index is 14.6. The largest absolute Gasteiger partial charge is 0.491 e. The fourth-order valence-electron chi connectivity index (χ4n) is 4.93. The molecule has 1 atom stereocenters. The number of hydrogen-bond acceptors (Lipinski definition) is 2. The third-order valence-electron chi connectivity index (χ3n) is 7.02. The van der Waals surface area contributed by atoms with Crippen LogP contribution in [0.1, 0.15) is 93.4 Å². The van der Waals surface area contributed by atoms with E-state index in [-0.39, 0.29) is 11.4 Å². The van der Waals surface area contributed by atoms with Gasteiger partial charge in [0.15, 0.2) is 23.2 Å². The molecule has 0 heterocycles. The minimum Gasteiger partial charge on any atom is -0.491 e. The fraction of sp³-hybridized carbons (Fsp3) is 0.517. The van der Waals surface area contributed by atoms with Crippen molar-refractivity contribution >= 4 is 0 Å². The van der Waals surface area contributed by atoms with Gasteiger partial charge in [-0.15, -0.1) is 6.58 Å². The summed E-state index contributed by atoms with van der Waals surface area (Å²) in [6, 6.07) is 8.42. The minimum absolute atomic E-state index is 0.0454. The van der Waals surface area contributed by atoms with Crippen molar-refractivity contribution in [3.63, 3.8) is 0 Å². The molecule has 2 aromatic carbocycles. The van der Waals surface area contributed by atoms with Gasteiger partial charge in [-0.3, -0.25) is 0 Å². The molecule has 0 amide bonds. The summed E-state index contributed by atoms with van der Waals surface area (Å²) in [4.78, 5) is 0. The lowest BCUT2D eigenvalue weighted by atomic mass is 9.77. The number of ether oxygens (including phenoxy) is 1. The average molecular weight is 475 g/mol. The fourth-order valence-corrected chi connectivity index (χ4v) is 4.93. The number of unbranched alkanes of at least 4 members (excludes halogenated alkanes) is 1. The zero-order valence-electron chi connectivity index (χ0n) is 20.2. The Kier molecular flexibility index (Phi) is 10.1. The lowest BCUT2D eigenvalue weighted by Gasteiger charge is -2.29. The first-order valence-electron chi connectivity index (χ1n) is 12.6. The van der Waals surface area contributed by atoms with E-state index < -0.39 is 17.7 Å². The van der Waals surface area contributed by atoms with E-state index in [0.29, 0.717) is 49.0 Å². The normalized spacial score (nSPS) is 19.1. The van der Waals surface area contributed by atoms with E-state index in [0.717, 1.165) is 50.5 Å². The van der Waals surface area contributed by atoms with Crippen molar-refractivity contribution in [2.45, 2.75) is 83.2 Å². The van der Waals surface area contributed by atoms with Crippen LogP contribution in [-0.2, 0) is 6.42 Å². The molecular weight excluding hydrogens is 437 g/mol.